The van der Waals surface area contributed by atoms with Gasteiger partial charge in [-0.3, -0.25) is 14.2 Å². The van der Waals surface area contributed by atoms with Crippen LogP contribution in [-0.2, 0) is 13.1 Å². The van der Waals surface area contributed by atoms with Gasteiger partial charge in [0.15, 0.2) is 11.6 Å². The number of ether oxygens (including phenoxy) is 1. The highest BCUT2D eigenvalue weighted by Crippen LogP contribution is 2.16. The molecule has 2 aromatic carbocycles. The quantitative estimate of drug-likeness (QED) is 0.329. The van der Waals surface area contributed by atoms with Crippen molar-refractivity contribution in [2.75, 3.05) is 27.2 Å². The molecule has 0 fully saturated rings. The molecule has 0 aliphatic heterocycles. The number of rotatable bonds is 10. The molecule has 4 aromatic rings. The number of halogens is 2. The van der Waals surface area contributed by atoms with Crippen LogP contribution in [0, 0.1) is 11.6 Å². The third-order valence-corrected chi connectivity index (χ3v) is 5.52. The topological polar surface area (TPSA) is 102 Å². The lowest BCUT2D eigenvalue weighted by molar-refractivity contribution is 0.0948. The highest BCUT2D eigenvalue weighted by molar-refractivity contribution is 5.93. The first-order valence-electron chi connectivity index (χ1n) is 11.6. The first-order chi connectivity index (χ1) is 17.8. The number of nitrogens with one attached hydrogen (secondary N) is 1. The van der Waals surface area contributed by atoms with Crippen molar-refractivity contribution >= 4 is 16.9 Å². The van der Waals surface area contributed by atoms with Crippen LogP contribution in [0.25, 0.3) is 11.0 Å². The van der Waals surface area contributed by atoms with Gasteiger partial charge in [0.25, 0.3) is 11.5 Å². The molecule has 2 aromatic heterocycles. The zero-order valence-corrected chi connectivity index (χ0v) is 20.4. The lowest BCUT2D eigenvalue weighted by Crippen LogP contribution is -2.33. The van der Waals surface area contributed by atoms with Gasteiger partial charge >= 0.3 is 0 Å². The van der Waals surface area contributed by atoms with E-state index < -0.39 is 23.1 Å². The molecule has 1 amide bonds. The summed E-state index contributed by atoms with van der Waals surface area (Å²) in [4.78, 5) is 40.4. The molecule has 192 valence electrons. The number of benzene rings is 2. The summed E-state index contributed by atoms with van der Waals surface area (Å²) in [5, 5.41) is 2.71. The number of nitrogens with zero attached hydrogens (tertiary/aromatic N) is 5. The summed E-state index contributed by atoms with van der Waals surface area (Å²) in [5.41, 5.74) is 1.65. The van der Waals surface area contributed by atoms with Crippen molar-refractivity contribution in [3.63, 3.8) is 0 Å². The summed E-state index contributed by atoms with van der Waals surface area (Å²) < 4.78 is 33.5. The van der Waals surface area contributed by atoms with Crippen LogP contribution < -0.4 is 15.6 Å². The summed E-state index contributed by atoms with van der Waals surface area (Å²) in [6, 6.07) is 8.73. The van der Waals surface area contributed by atoms with Gasteiger partial charge < -0.3 is 15.0 Å². The maximum atomic E-state index is 13.5. The van der Waals surface area contributed by atoms with Crippen molar-refractivity contribution < 1.29 is 18.3 Å². The molecule has 2 heterocycles. The van der Waals surface area contributed by atoms with Crippen LogP contribution in [0.5, 0.6) is 5.88 Å². The van der Waals surface area contributed by atoms with Crippen LogP contribution in [0.4, 0.5) is 8.78 Å². The normalized spacial score (nSPS) is 11.2. The first kappa shape index (κ1) is 25.8. The number of amides is 1. The molecule has 0 aliphatic carbocycles. The Morgan fingerprint density at radius 3 is 2.65 bits per heavy atom. The van der Waals surface area contributed by atoms with Crippen LogP contribution in [0.15, 0.2) is 59.9 Å². The van der Waals surface area contributed by atoms with Gasteiger partial charge in [0.1, 0.15) is 5.56 Å². The number of hydrogen-bond acceptors (Lipinski definition) is 7. The predicted octanol–water partition coefficient (Wildman–Crippen LogP) is 2.77. The molecule has 1 N–H and O–H groups in total. The zero-order valence-electron chi connectivity index (χ0n) is 20.4. The summed E-state index contributed by atoms with van der Waals surface area (Å²) in [5.74, 6) is -2.19. The summed E-state index contributed by atoms with van der Waals surface area (Å²) >= 11 is 0. The fraction of sp³-hybridized carbons (Fsp3) is 0.269. The van der Waals surface area contributed by atoms with Crippen molar-refractivity contribution in [1.29, 1.82) is 0 Å². The van der Waals surface area contributed by atoms with E-state index in [1.165, 1.54) is 18.6 Å². The zero-order chi connectivity index (χ0) is 26.4. The van der Waals surface area contributed by atoms with Crippen LogP contribution >= 0.6 is 0 Å². The van der Waals surface area contributed by atoms with Crippen molar-refractivity contribution in [2.45, 2.75) is 19.5 Å². The fourth-order valence-electron chi connectivity index (χ4n) is 3.61. The maximum Gasteiger partial charge on any atom is 0.266 e. The Hall–Kier alpha value is -4.25. The minimum Gasteiger partial charge on any atom is -0.477 e. The number of fused-ring (bicyclic) bond motifs is 1. The molecule has 0 saturated carbocycles. The highest BCUT2D eigenvalue weighted by atomic mass is 19.2. The molecule has 0 saturated heterocycles. The second kappa shape index (κ2) is 11.7. The Morgan fingerprint density at radius 2 is 1.86 bits per heavy atom. The van der Waals surface area contributed by atoms with Gasteiger partial charge in [-0.15, -0.1) is 0 Å². The Kier molecular flexibility index (Phi) is 8.14. The van der Waals surface area contributed by atoms with E-state index >= 15 is 0 Å². The molecule has 0 bridgehead atoms. The molecule has 4 rings (SSSR count). The summed E-state index contributed by atoms with van der Waals surface area (Å²) in [6.45, 7) is 1.50. The molecular weight excluding hydrogens is 482 g/mol. The van der Waals surface area contributed by atoms with Crippen LogP contribution in [0.3, 0.4) is 0 Å². The minimum atomic E-state index is -1.02. The average Bonchev–Trinajstić information content (AvgIpc) is 2.88. The fourth-order valence-corrected chi connectivity index (χ4v) is 3.61. The van der Waals surface area contributed by atoms with Gasteiger partial charge in [-0.1, -0.05) is 12.1 Å². The third-order valence-electron chi connectivity index (χ3n) is 5.52. The predicted molar refractivity (Wildman–Crippen MR) is 133 cm³/mol. The molecule has 0 unspecified atom stereocenters. The average molecular weight is 509 g/mol. The van der Waals surface area contributed by atoms with Gasteiger partial charge in [-0.25, -0.2) is 23.7 Å². The Morgan fingerprint density at radius 1 is 1.05 bits per heavy atom. The van der Waals surface area contributed by atoms with Crippen molar-refractivity contribution in [1.82, 2.24) is 29.7 Å². The van der Waals surface area contributed by atoms with Crippen molar-refractivity contribution in [3.05, 3.63) is 93.8 Å². The number of carbonyl (C=O) groups excluding carboxylic acids is 1. The Bertz CT molecular complexity index is 1470. The number of hydrogen-bond donors (Lipinski definition) is 1. The lowest BCUT2D eigenvalue weighted by atomic mass is 10.2. The van der Waals surface area contributed by atoms with Crippen LogP contribution in [0.1, 0.15) is 27.9 Å². The van der Waals surface area contributed by atoms with E-state index in [0.717, 1.165) is 35.2 Å². The maximum absolute atomic E-state index is 13.5. The molecule has 9 nitrogen and oxygen atoms in total. The highest BCUT2D eigenvalue weighted by Gasteiger charge is 2.14. The Labute approximate surface area is 211 Å². The molecule has 0 spiro atoms. The van der Waals surface area contributed by atoms with Gasteiger partial charge in [-0.05, 0) is 55.9 Å². The standard InChI is InChI=1S/C26H26F2N6O3/c1-33(2)8-3-9-37-24-14-30-22-7-5-17(11-23(22)32-24)12-31-25(35)19-13-29-16-34(26(19)36)15-18-4-6-20(27)21(28)10-18/h4-7,10-11,13-14,16H,3,8-9,12,15H2,1-2H3,(H,31,35). The molecule has 11 heteroatoms. The van der Waals surface area contributed by atoms with E-state index in [4.69, 9.17) is 4.74 Å². The molecule has 37 heavy (non-hydrogen) atoms. The number of carbonyl (C=O) groups is 1. The van der Waals surface area contributed by atoms with Crippen molar-refractivity contribution in [3.8, 4) is 5.88 Å². The van der Waals surface area contributed by atoms with Crippen molar-refractivity contribution in [2.24, 2.45) is 0 Å². The molecule has 0 atom stereocenters. The van der Waals surface area contributed by atoms with Gasteiger partial charge in [0.05, 0.1) is 36.7 Å². The van der Waals surface area contributed by atoms with E-state index in [1.807, 2.05) is 14.1 Å². The minimum absolute atomic E-state index is 0.0625. The summed E-state index contributed by atoms with van der Waals surface area (Å²) in [7, 11) is 3.99. The molecule has 0 aliphatic rings. The second-order valence-corrected chi connectivity index (χ2v) is 8.71. The van der Waals surface area contributed by atoms with E-state index in [9.17, 15) is 18.4 Å². The number of aromatic nitrogens is 4. The molecule has 0 radical (unpaired) electrons. The molecular formula is C26H26F2N6O3. The van der Waals surface area contributed by atoms with E-state index in [0.29, 0.717) is 29.1 Å². The van der Waals surface area contributed by atoms with E-state index in [-0.39, 0.29) is 18.7 Å². The lowest BCUT2D eigenvalue weighted by Gasteiger charge is -2.10. The Balaban J connectivity index is 1.41. The SMILES string of the molecule is CN(C)CCCOc1cnc2ccc(CNC(=O)c3cncn(Cc4ccc(F)c(F)c4)c3=O)cc2n1. The smallest absolute Gasteiger partial charge is 0.266 e. The van der Waals surface area contributed by atoms with Gasteiger partial charge in [0.2, 0.25) is 5.88 Å². The largest absolute Gasteiger partial charge is 0.477 e. The van der Waals surface area contributed by atoms with Crippen LogP contribution in [-0.4, -0.2) is 57.6 Å². The first-order valence-corrected chi connectivity index (χ1v) is 11.6. The van der Waals surface area contributed by atoms with Crippen LogP contribution in [0.2, 0.25) is 0 Å². The third kappa shape index (κ3) is 6.70. The van der Waals surface area contributed by atoms with E-state index in [2.05, 4.69) is 25.2 Å². The van der Waals surface area contributed by atoms with E-state index in [1.54, 1.807) is 24.4 Å². The monoisotopic (exact) mass is 508 g/mol. The van der Waals surface area contributed by atoms with Gasteiger partial charge in [-0.2, -0.15) is 0 Å². The van der Waals surface area contributed by atoms with Gasteiger partial charge in [0, 0.05) is 19.3 Å². The second-order valence-electron chi connectivity index (χ2n) is 8.71. The summed E-state index contributed by atoms with van der Waals surface area (Å²) in [6.07, 6.45) is 4.84.